The number of hydrogen-bond acceptors (Lipinski definition) is 1. The monoisotopic (exact) mass is 209 g/mol. The summed E-state index contributed by atoms with van der Waals surface area (Å²) < 4.78 is 0. The molecule has 2 aliphatic rings. The van der Waals surface area contributed by atoms with E-state index in [2.05, 4.69) is 41.7 Å². The molecule has 0 saturated heterocycles. The molecule has 3 rings (SSSR count). The van der Waals surface area contributed by atoms with E-state index in [1.807, 2.05) is 36.7 Å². The van der Waals surface area contributed by atoms with Gasteiger partial charge in [-0.15, -0.1) is 0 Å². The molecule has 0 bridgehead atoms. The van der Waals surface area contributed by atoms with Gasteiger partial charge >= 0.3 is 0 Å². The molecular weight excluding hydrogens is 194 g/mol. The van der Waals surface area contributed by atoms with Gasteiger partial charge < -0.3 is 5.32 Å². The Morgan fingerprint density at radius 1 is 0.875 bits per heavy atom. The van der Waals surface area contributed by atoms with Crippen molar-refractivity contribution in [1.82, 2.24) is 5.32 Å². The van der Waals surface area contributed by atoms with E-state index in [-0.39, 0.29) is 0 Å². The van der Waals surface area contributed by atoms with Gasteiger partial charge in [-0.3, -0.25) is 0 Å². The van der Waals surface area contributed by atoms with E-state index in [0.717, 1.165) is 6.42 Å². The zero-order valence-corrected chi connectivity index (χ0v) is 9.14. The SMILES string of the molecule is C1=CC=CNC=C1.C1=Cc2ccccc2C1. The molecule has 80 valence electrons. The quantitative estimate of drug-likeness (QED) is 0.690. The molecule has 1 nitrogen and oxygen atoms in total. The molecule has 0 unspecified atom stereocenters. The first-order valence-corrected chi connectivity index (χ1v) is 5.46. The van der Waals surface area contributed by atoms with Crippen molar-refractivity contribution in [1.29, 1.82) is 0 Å². The predicted molar refractivity (Wildman–Crippen MR) is 69.7 cm³/mol. The first kappa shape index (κ1) is 10.5. The molecule has 0 aromatic heterocycles. The number of benzene rings is 1. The fourth-order valence-corrected chi connectivity index (χ4v) is 1.60. The number of nitrogens with one attached hydrogen (secondary N) is 1. The van der Waals surface area contributed by atoms with E-state index in [4.69, 9.17) is 0 Å². The van der Waals surface area contributed by atoms with Crippen LogP contribution in [0.1, 0.15) is 11.1 Å². The highest BCUT2D eigenvalue weighted by atomic mass is 14.8. The van der Waals surface area contributed by atoms with Crippen molar-refractivity contribution < 1.29 is 0 Å². The lowest BCUT2D eigenvalue weighted by atomic mass is 10.1. The molecule has 1 heterocycles. The number of rotatable bonds is 0. The Balaban J connectivity index is 0.000000125. The summed E-state index contributed by atoms with van der Waals surface area (Å²) >= 11 is 0. The van der Waals surface area contributed by atoms with E-state index < -0.39 is 0 Å². The third kappa shape index (κ3) is 2.99. The minimum Gasteiger partial charge on any atom is -0.368 e. The zero-order chi connectivity index (χ0) is 11.1. The van der Waals surface area contributed by atoms with E-state index in [1.54, 1.807) is 0 Å². The summed E-state index contributed by atoms with van der Waals surface area (Å²) in [5.41, 5.74) is 2.84. The summed E-state index contributed by atoms with van der Waals surface area (Å²) in [6, 6.07) is 8.49. The molecule has 0 saturated carbocycles. The van der Waals surface area contributed by atoms with Crippen molar-refractivity contribution in [3.05, 3.63) is 78.2 Å². The third-order valence-corrected chi connectivity index (χ3v) is 2.41. The Kier molecular flexibility index (Phi) is 3.78. The van der Waals surface area contributed by atoms with Crippen LogP contribution in [0.15, 0.2) is 67.0 Å². The van der Waals surface area contributed by atoms with Crippen LogP contribution >= 0.6 is 0 Å². The largest absolute Gasteiger partial charge is 0.368 e. The summed E-state index contributed by atoms with van der Waals surface area (Å²) in [6.45, 7) is 0. The average Bonchev–Trinajstić information content (AvgIpc) is 2.61. The molecular formula is C15H15N. The van der Waals surface area contributed by atoms with Gasteiger partial charge in [0.2, 0.25) is 0 Å². The lowest BCUT2D eigenvalue weighted by molar-refractivity contribution is 1.20. The van der Waals surface area contributed by atoms with Gasteiger partial charge in [0.25, 0.3) is 0 Å². The minimum atomic E-state index is 1.12. The van der Waals surface area contributed by atoms with Crippen LogP contribution in [0.4, 0.5) is 0 Å². The lowest BCUT2D eigenvalue weighted by Gasteiger charge is -1.93. The smallest absolute Gasteiger partial charge is 0.000442 e. The van der Waals surface area contributed by atoms with Crippen LogP contribution in [0.3, 0.4) is 0 Å². The van der Waals surface area contributed by atoms with Gasteiger partial charge in [0, 0.05) is 12.4 Å². The second-order valence-corrected chi connectivity index (χ2v) is 3.58. The van der Waals surface area contributed by atoms with Crippen LogP contribution in [0.5, 0.6) is 0 Å². The second kappa shape index (κ2) is 5.76. The highest BCUT2D eigenvalue weighted by Gasteiger charge is 2.00. The molecule has 1 aromatic carbocycles. The van der Waals surface area contributed by atoms with Crippen LogP contribution in [0, 0.1) is 0 Å². The van der Waals surface area contributed by atoms with Crippen molar-refractivity contribution in [2.24, 2.45) is 0 Å². The molecule has 1 heteroatoms. The Morgan fingerprint density at radius 3 is 2.38 bits per heavy atom. The number of hydrogen-bond donors (Lipinski definition) is 1. The molecule has 16 heavy (non-hydrogen) atoms. The highest BCUT2D eigenvalue weighted by molar-refractivity contribution is 5.59. The minimum absolute atomic E-state index is 1.12. The Labute approximate surface area is 96.5 Å². The molecule has 0 amide bonds. The van der Waals surface area contributed by atoms with Gasteiger partial charge in [0.1, 0.15) is 0 Å². The number of allylic oxidation sites excluding steroid dienone is 5. The predicted octanol–water partition coefficient (Wildman–Crippen LogP) is 3.43. The number of fused-ring (bicyclic) bond motifs is 1. The first-order valence-electron chi connectivity index (χ1n) is 5.46. The fraction of sp³-hybridized carbons (Fsp3) is 0.0667. The molecule has 0 spiro atoms. The maximum absolute atomic E-state index is 2.92. The normalized spacial score (nSPS) is 14.8. The average molecular weight is 209 g/mol. The molecule has 1 aliphatic heterocycles. The Morgan fingerprint density at radius 2 is 1.62 bits per heavy atom. The van der Waals surface area contributed by atoms with Crippen molar-refractivity contribution in [2.45, 2.75) is 6.42 Å². The molecule has 0 radical (unpaired) electrons. The van der Waals surface area contributed by atoms with Crippen molar-refractivity contribution in [2.75, 3.05) is 0 Å². The van der Waals surface area contributed by atoms with Crippen LogP contribution in [0.2, 0.25) is 0 Å². The van der Waals surface area contributed by atoms with Crippen molar-refractivity contribution in [3.8, 4) is 0 Å². The first-order chi connectivity index (χ1) is 7.97. The van der Waals surface area contributed by atoms with Gasteiger partial charge in [0.05, 0.1) is 0 Å². The van der Waals surface area contributed by atoms with Crippen LogP contribution in [0.25, 0.3) is 6.08 Å². The molecule has 1 aromatic rings. The topological polar surface area (TPSA) is 12.0 Å². The fourth-order valence-electron chi connectivity index (χ4n) is 1.60. The molecule has 0 atom stereocenters. The standard InChI is InChI=1S/C9H8.C6H7N/c1-2-5-9-7-3-6-8(9)4-1;1-2-4-6-7-5-3-1/h1-6H,7H2;1-7H. The van der Waals surface area contributed by atoms with Gasteiger partial charge in [-0.1, -0.05) is 48.6 Å². The Hall–Kier alpha value is -2.02. The van der Waals surface area contributed by atoms with E-state index >= 15 is 0 Å². The van der Waals surface area contributed by atoms with Crippen LogP contribution in [-0.4, -0.2) is 0 Å². The van der Waals surface area contributed by atoms with Crippen LogP contribution < -0.4 is 5.32 Å². The lowest BCUT2D eigenvalue weighted by Crippen LogP contribution is -1.87. The summed E-state index contributed by atoms with van der Waals surface area (Å²) in [5, 5.41) is 2.92. The molecule has 1 aliphatic carbocycles. The van der Waals surface area contributed by atoms with E-state index in [9.17, 15) is 0 Å². The van der Waals surface area contributed by atoms with E-state index in [0.29, 0.717) is 0 Å². The second-order valence-electron chi connectivity index (χ2n) is 3.58. The molecule has 0 fully saturated rings. The van der Waals surface area contributed by atoms with Crippen molar-refractivity contribution in [3.63, 3.8) is 0 Å². The van der Waals surface area contributed by atoms with Crippen molar-refractivity contribution >= 4 is 6.08 Å². The summed E-state index contributed by atoms with van der Waals surface area (Å²) in [4.78, 5) is 0. The zero-order valence-electron chi connectivity index (χ0n) is 9.14. The maximum Gasteiger partial charge on any atom is 0.000442 e. The maximum atomic E-state index is 2.92. The molecule has 1 N–H and O–H groups in total. The van der Waals surface area contributed by atoms with Gasteiger partial charge in [0.15, 0.2) is 0 Å². The third-order valence-electron chi connectivity index (χ3n) is 2.41. The van der Waals surface area contributed by atoms with Gasteiger partial charge in [-0.2, -0.15) is 0 Å². The van der Waals surface area contributed by atoms with Gasteiger partial charge in [-0.05, 0) is 29.7 Å². The van der Waals surface area contributed by atoms with E-state index in [1.165, 1.54) is 11.1 Å². The summed E-state index contributed by atoms with van der Waals surface area (Å²) in [5.74, 6) is 0. The summed E-state index contributed by atoms with van der Waals surface area (Å²) in [7, 11) is 0. The highest BCUT2D eigenvalue weighted by Crippen LogP contribution is 2.17. The van der Waals surface area contributed by atoms with Crippen LogP contribution in [-0.2, 0) is 6.42 Å². The van der Waals surface area contributed by atoms with Gasteiger partial charge in [-0.25, -0.2) is 0 Å². The summed E-state index contributed by atoms with van der Waals surface area (Å²) in [6.07, 6.45) is 17.1. The Bertz CT molecular complexity index is 436.